The van der Waals surface area contributed by atoms with Crippen LogP contribution in [0, 0.1) is 0 Å². The van der Waals surface area contributed by atoms with Crippen molar-refractivity contribution in [2.75, 3.05) is 31.2 Å². The number of nitrogens with zero attached hydrogens (tertiary/aromatic N) is 2. The van der Waals surface area contributed by atoms with Gasteiger partial charge in [0.2, 0.25) is 26.0 Å². The van der Waals surface area contributed by atoms with E-state index in [2.05, 4.69) is 5.32 Å². The van der Waals surface area contributed by atoms with Gasteiger partial charge < -0.3 is 5.32 Å². The molecular formula is C16H25N3O5S2. The summed E-state index contributed by atoms with van der Waals surface area (Å²) in [5.41, 5.74) is 0.242. The fourth-order valence-electron chi connectivity index (χ4n) is 2.87. The predicted molar refractivity (Wildman–Crippen MR) is 99.9 cm³/mol. The molecule has 0 radical (unpaired) electrons. The first-order valence-corrected chi connectivity index (χ1v) is 11.6. The van der Waals surface area contributed by atoms with Crippen LogP contribution < -0.4 is 9.62 Å². The molecule has 1 amide bonds. The Morgan fingerprint density at radius 2 is 1.62 bits per heavy atom. The van der Waals surface area contributed by atoms with Crippen LogP contribution in [0.25, 0.3) is 0 Å². The molecule has 8 nitrogen and oxygen atoms in total. The lowest BCUT2D eigenvalue weighted by Crippen LogP contribution is -2.43. The van der Waals surface area contributed by atoms with E-state index in [0.717, 1.165) is 40.5 Å². The topological polar surface area (TPSA) is 104 Å². The third kappa shape index (κ3) is 4.95. The summed E-state index contributed by atoms with van der Waals surface area (Å²) in [4.78, 5) is 12.3. The van der Waals surface area contributed by atoms with Gasteiger partial charge in [-0.25, -0.2) is 21.1 Å². The number of sulfonamides is 2. The highest BCUT2D eigenvalue weighted by Crippen LogP contribution is 2.22. The van der Waals surface area contributed by atoms with Crippen LogP contribution in [0.5, 0.6) is 0 Å². The average Bonchev–Trinajstić information content (AvgIpc) is 3.04. The van der Waals surface area contributed by atoms with Crippen LogP contribution in [-0.2, 0) is 24.8 Å². The molecule has 0 heterocycles. The Labute approximate surface area is 155 Å². The quantitative estimate of drug-likeness (QED) is 0.724. The molecule has 1 aromatic rings. The van der Waals surface area contributed by atoms with E-state index in [-0.39, 0.29) is 29.1 Å². The van der Waals surface area contributed by atoms with Crippen molar-refractivity contribution in [1.29, 1.82) is 0 Å². The Morgan fingerprint density at radius 1 is 1.08 bits per heavy atom. The number of anilines is 1. The van der Waals surface area contributed by atoms with Gasteiger partial charge in [0.05, 0.1) is 16.8 Å². The Balaban J connectivity index is 2.20. The van der Waals surface area contributed by atoms with Crippen LogP contribution in [-0.4, -0.2) is 60.0 Å². The number of amides is 1. The standard InChI is InChI=1S/C16H25N3O5S2/c1-18(2)26(23,24)15-10-8-14(9-11-15)19(25(3,21)22)12-16(20)17-13-6-4-5-7-13/h8-11,13H,4-7,12H2,1-3H3,(H,17,20). The van der Waals surface area contributed by atoms with Crippen LogP contribution in [0.1, 0.15) is 25.7 Å². The Hall–Kier alpha value is -1.65. The zero-order chi connectivity index (χ0) is 19.5. The molecule has 1 aliphatic carbocycles. The van der Waals surface area contributed by atoms with Crippen molar-refractivity contribution in [3.05, 3.63) is 24.3 Å². The van der Waals surface area contributed by atoms with Crippen molar-refractivity contribution in [1.82, 2.24) is 9.62 Å². The Kier molecular flexibility index (Phi) is 6.30. The number of carbonyl (C=O) groups excluding carboxylic acids is 1. The number of hydrogen-bond donors (Lipinski definition) is 1. The van der Waals surface area contributed by atoms with Gasteiger partial charge in [-0.2, -0.15) is 0 Å². The fraction of sp³-hybridized carbons (Fsp3) is 0.562. The lowest BCUT2D eigenvalue weighted by atomic mass is 10.2. The highest BCUT2D eigenvalue weighted by atomic mass is 32.2. The van der Waals surface area contributed by atoms with Gasteiger partial charge in [-0.15, -0.1) is 0 Å². The minimum Gasteiger partial charge on any atom is -0.352 e. The predicted octanol–water partition coefficient (Wildman–Crippen LogP) is 0.762. The molecule has 1 N–H and O–H groups in total. The molecule has 10 heteroatoms. The van der Waals surface area contributed by atoms with E-state index >= 15 is 0 Å². The highest BCUT2D eigenvalue weighted by Gasteiger charge is 2.24. The zero-order valence-corrected chi connectivity index (χ0v) is 16.8. The summed E-state index contributed by atoms with van der Waals surface area (Å²) >= 11 is 0. The normalized spacial score (nSPS) is 16.0. The lowest BCUT2D eigenvalue weighted by molar-refractivity contribution is -0.120. The molecule has 1 aromatic carbocycles. The number of rotatable bonds is 7. The van der Waals surface area contributed by atoms with Crippen molar-refractivity contribution in [3.63, 3.8) is 0 Å². The SMILES string of the molecule is CN(C)S(=O)(=O)c1ccc(N(CC(=O)NC2CCCC2)S(C)(=O)=O)cc1. The number of benzene rings is 1. The van der Waals surface area contributed by atoms with E-state index in [0.29, 0.717) is 0 Å². The second-order valence-electron chi connectivity index (χ2n) is 6.60. The molecular weight excluding hydrogens is 378 g/mol. The Morgan fingerprint density at radius 3 is 2.08 bits per heavy atom. The third-order valence-corrected chi connectivity index (χ3v) is 7.28. The van der Waals surface area contributed by atoms with Gasteiger partial charge in [0.1, 0.15) is 6.54 Å². The van der Waals surface area contributed by atoms with Crippen LogP contribution in [0.4, 0.5) is 5.69 Å². The van der Waals surface area contributed by atoms with Gasteiger partial charge >= 0.3 is 0 Å². The molecule has 2 rings (SSSR count). The van der Waals surface area contributed by atoms with E-state index in [1.54, 1.807) is 0 Å². The zero-order valence-electron chi connectivity index (χ0n) is 15.2. The van der Waals surface area contributed by atoms with Crippen LogP contribution in [0.2, 0.25) is 0 Å². The summed E-state index contributed by atoms with van der Waals surface area (Å²) in [6.07, 6.45) is 4.94. The average molecular weight is 404 g/mol. The van der Waals surface area contributed by atoms with E-state index in [1.165, 1.54) is 38.4 Å². The molecule has 1 saturated carbocycles. The summed E-state index contributed by atoms with van der Waals surface area (Å²) in [6, 6.07) is 5.53. The van der Waals surface area contributed by atoms with Crippen molar-refractivity contribution in [2.45, 2.75) is 36.6 Å². The summed E-state index contributed by atoms with van der Waals surface area (Å²) in [6.45, 7) is -0.338. The molecule has 0 bridgehead atoms. The summed E-state index contributed by atoms with van der Waals surface area (Å²) < 4.78 is 50.5. The van der Waals surface area contributed by atoms with E-state index in [1.807, 2.05) is 0 Å². The molecule has 26 heavy (non-hydrogen) atoms. The second-order valence-corrected chi connectivity index (χ2v) is 10.7. The van der Waals surface area contributed by atoms with E-state index in [4.69, 9.17) is 0 Å². The van der Waals surface area contributed by atoms with Crippen molar-refractivity contribution in [2.24, 2.45) is 0 Å². The third-order valence-electron chi connectivity index (χ3n) is 4.31. The second kappa shape index (κ2) is 7.93. The minimum atomic E-state index is -3.70. The summed E-state index contributed by atoms with van der Waals surface area (Å²) in [5.74, 6) is -0.368. The van der Waals surface area contributed by atoms with E-state index < -0.39 is 20.0 Å². The first kappa shape index (κ1) is 20.7. The molecule has 0 aromatic heterocycles. The monoisotopic (exact) mass is 403 g/mol. The van der Waals surface area contributed by atoms with Crippen LogP contribution in [0.3, 0.4) is 0 Å². The molecule has 1 aliphatic rings. The maximum Gasteiger partial charge on any atom is 0.242 e. The van der Waals surface area contributed by atoms with Crippen molar-refractivity contribution < 1.29 is 21.6 Å². The number of hydrogen-bond acceptors (Lipinski definition) is 5. The largest absolute Gasteiger partial charge is 0.352 e. The molecule has 0 unspecified atom stereocenters. The lowest BCUT2D eigenvalue weighted by Gasteiger charge is -2.23. The highest BCUT2D eigenvalue weighted by molar-refractivity contribution is 7.92. The first-order valence-electron chi connectivity index (χ1n) is 8.31. The van der Waals surface area contributed by atoms with Gasteiger partial charge in [-0.1, -0.05) is 12.8 Å². The van der Waals surface area contributed by atoms with Gasteiger partial charge in [-0.3, -0.25) is 9.10 Å². The minimum absolute atomic E-state index is 0.0510. The molecule has 146 valence electrons. The maximum atomic E-state index is 12.2. The molecule has 0 saturated heterocycles. The molecule has 0 atom stereocenters. The van der Waals surface area contributed by atoms with E-state index in [9.17, 15) is 21.6 Å². The number of nitrogens with one attached hydrogen (secondary N) is 1. The molecule has 1 fully saturated rings. The van der Waals surface area contributed by atoms with Crippen molar-refractivity contribution in [3.8, 4) is 0 Å². The summed E-state index contributed by atoms with van der Waals surface area (Å²) in [5, 5.41) is 2.85. The maximum absolute atomic E-state index is 12.2. The fourth-order valence-corrected chi connectivity index (χ4v) is 4.63. The molecule has 0 spiro atoms. The molecule has 0 aliphatic heterocycles. The van der Waals surface area contributed by atoms with Crippen LogP contribution >= 0.6 is 0 Å². The smallest absolute Gasteiger partial charge is 0.242 e. The summed E-state index contributed by atoms with van der Waals surface area (Å²) in [7, 11) is -4.47. The van der Waals surface area contributed by atoms with Gasteiger partial charge in [0.15, 0.2) is 0 Å². The Bertz CT molecular complexity index is 842. The van der Waals surface area contributed by atoms with Gasteiger partial charge in [-0.05, 0) is 37.1 Å². The number of carbonyl (C=O) groups is 1. The first-order chi connectivity index (χ1) is 12.0. The van der Waals surface area contributed by atoms with Crippen LogP contribution in [0.15, 0.2) is 29.2 Å². The van der Waals surface area contributed by atoms with Gasteiger partial charge in [0.25, 0.3) is 0 Å². The van der Waals surface area contributed by atoms with Gasteiger partial charge in [0, 0.05) is 20.1 Å². The van der Waals surface area contributed by atoms with Crippen molar-refractivity contribution >= 4 is 31.6 Å².